The van der Waals surface area contributed by atoms with E-state index < -0.39 is 0 Å². The Bertz CT molecular complexity index is 1020. The number of carbonyl (C=O) groups is 1. The van der Waals surface area contributed by atoms with Crippen LogP contribution in [0.1, 0.15) is 5.56 Å². The van der Waals surface area contributed by atoms with Gasteiger partial charge in [-0.05, 0) is 29.8 Å². The molecule has 28 heavy (non-hydrogen) atoms. The summed E-state index contributed by atoms with van der Waals surface area (Å²) in [5, 5.41) is 7.12. The molecular formula is C21H21N3O4. The number of amides is 1. The van der Waals surface area contributed by atoms with Crippen LogP contribution in [-0.4, -0.2) is 29.9 Å². The third-order valence-corrected chi connectivity index (χ3v) is 4.18. The van der Waals surface area contributed by atoms with Gasteiger partial charge in [0.25, 0.3) is 5.56 Å². The van der Waals surface area contributed by atoms with Gasteiger partial charge in [0.15, 0.2) is 0 Å². The molecule has 0 saturated heterocycles. The van der Waals surface area contributed by atoms with Crippen molar-refractivity contribution in [1.82, 2.24) is 15.1 Å². The Morgan fingerprint density at radius 1 is 1.04 bits per heavy atom. The monoisotopic (exact) mass is 379 g/mol. The molecule has 7 heteroatoms. The minimum atomic E-state index is -0.361. The Hall–Kier alpha value is -3.61. The molecule has 3 aromatic rings. The summed E-state index contributed by atoms with van der Waals surface area (Å²) in [6.45, 7) is 0.212. The third-order valence-electron chi connectivity index (χ3n) is 4.18. The van der Waals surface area contributed by atoms with Crippen LogP contribution in [0.15, 0.2) is 65.5 Å². The first-order valence-corrected chi connectivity index (χ1v) is 8.72. The van der Waals surface area contributed by atoms with E-state index in [0.717, 1.165) is 10.2 Å². The fourth-order valence-corrected chi connectivity index (χ4v) is 2.71. The molecule has 0 unspecified atom stereocenters. The zero-order valence-electron chi connectivity index (χ0n) is 15.7. The van der Waals surface area contributed by atoms with Gasteiger partial charge < -0.3 is 14.8 Å². The predicted octanol–water partition coefficient (Wildman–Crippen LogP) is 2.24. The number of benzene rings is 2. The summed E-state index contributed by atoms with van der Waals surface area (Å²) in [5.74, 6) is 0.927. The van der Waals surface area contributed by atoms with Gasteiger partial charge in [-0.2, -0.15) is 5.10 Å². The highest BCUT2D eigenvalue weighted by Crippen LogP contribution is 2.31. The lowest BCUT2D eigenvalue weighted by atomic mass is 10.1. The number of hydrogen-bond donors (Lipinski definition) is 1. The van der Waals surface area contributed by atoms with E-state index in [1.165, 1.54) is 6.07 Å². The second-order valence-corrected chi connectivity index (χ2v) is 6.04. The van der Waals surface area contributed by atoms with Gasteiger partial charge in [-0.25, -0.2) is 4.68 Å². The van der Waals surface area contributed by atoms with E-state index in [1.54, 1.807) is 38.5 Å². The minimum Gasteiger partial charge on any atom is -0.497 e. The summed E-state index contributed by atoms with van der Waals surface area (Å²) in [6, 6.07) is 17.8. The van der Waals surface area contributed by atoms with Crippen LogP contribution >= 0.6 is 0 Å². The van der Waals surface area contributed by atoms with Gasteiger partial charge in [0, 0.05) is 18.2 Å². The standard InChI is InChI=1S/C21H21N3O4/c1-27-16-8-10-19(28-2)17(12-16)18-9-11-21(26)24(23-18)14-20(25)22-13-15-6-4-3-5-7-15/h3-12H,13-14H2,1-2H3,(H,22,25). The normalized spacial score (nSPS) is 10.4. The molecule has 0 bridgehead atoms. The molecule has 0 aliphatic heterocycles. The van der Waals surface area contributed by atoms with Crippen LogP contribution in [0.3, 0.4) is 0 Å². The van der Waals surface area contributed by atoms with E-state index in [2.05, 4.69) is 10.4 Å². The molecule has 144 valence electrons. The van der Waals surface area contributed by atoms with Crippen molar-refractivity contribution in [3.05, 3.63) is 76.6 Å². The zero-order chi connectivity index (χ0) is 19.9. The lowest BCUT2D eigenvalue weighted by molar-refractivity contribution is -0.122. The first-order valence-electron chi connectivity index (χ1n) is 8.72. The summed E-state index contributed by atoms with van der Waals surface area (Å²) >= 11 is 0. The number of aromatic nitrogens is 2. The molecule has 0 aliphatic carbocycles. The Morgan fingerprint density at radius 2 is 1.82 bits per heavy atom. The fourth-order valence-electron chi connectivity index (χ4n) is 2.71. The van der Waals surface area contributed by atoms with Gasteiger partial charge in [0.2, 0.25) is 5.91 Å². The number of carbonyl (C=O) groups excluding carboxylic acids is 1. The van der Waals surface area contributed by atoms with Gasteiger partial charge in [0.05, 0.1) is 19.9 Å². The molecule has 3 rings (SSSR count). The molecular weight excluding hydrogens is 358 g/mol. The van der Waals surface area contributed by atoms with Gasteiger partial charge in [-0.3, -0.25) is 9.59 Å². The molecule has 1 N–H and O–H groups in total. The van der Waals surface area contributed by atoms with E-state index in [4.69, 9.17) is 9.47 Å². The second-order valence-electron chi connectivity index (χ2n) is 6.04. The lowest BCUT2D eigenvalue weighted by Gasteiger charge is -2.12. The third kappa shape index (κ3) is 4.56. The van der Waals surface area contributed by atoms with E-state index in [-0.39, 0.29) is 18.0 Å². The fraction of sp³-hybridized carbons (Fsp3) is 0.190. The Labute approximate surface area is 162 Å². The van der Waals surface area contributed by atoms with Crippen molar-refractivity contribution in [2.24, 2.45) is 0 Å². The summed E-state index contributed by atoms with van der Waals surface area (Å²) in [5.41, 5.74) is 1.79. The summed E-state index contributed by atoms with van der Waals surface area (Å²) in [4.78, 5) is 24.4. The maximum atomic E-state index is 12.3. The van der Waals surface area contributed by atoms with E-state index >= 15 is 0 Å². The maximum Gasteiger partial charge on any atom is 0.267 e. The zero-order valence-corrected chi connectivity index (χ0v) is 15.7. The quantitative estimate of drug-likeness (QED) is 0.681. The average molecular weight is 379 g/mol. The van der Waals surface area contributed by atoms with Crippen LogP contribution < -0.4 is 20.3 Å². The van der Waals surface area contributed by atoms with Gasteiger partial charge in [0.1, 0.15) is 18.0 Å². The molecule has 0 saturated carbocycles. The number of rotatable bonds is 7. The van der Waals surface area contributed by atoms with Crippen molar-refractivity contribution in [3.8, 4) is 22.8 Å². The van der Waals surface area contributed by atoms with Crippen molar-refractivity contribution < 1.29 is 14.3 Å². The smallest absolute Gasteiger partial charge is 0.267 e. The summed E-state index contributed by atoms with van der Waals surface area (Å²) in [6.07, 6.45) is 0. The van der Waals surface area contributed by atoms with Gasteiger partial charge in [-0.15, -0.1) is 0 Å². The number of hydrogen-bond acceptors (Lipinski definition) is 5. The molecule has 0 fully saturated rings. The number of nitrogens with zero attached hydrogens (tertiary/aromatic N) is 2. The van der Waals surface area contributed by atoms with Crippen LogP contribution in [0, 0.1) is 0 Å². The topological polar surface area (TPSA) is 82.5 Å². The average Bonchev–Trinajstić information content (AvgIpc) is 2.74. The van der Waals surface area contributed by atoms with Crippen molar-refractivity contribution in [1.29, 1.82) is 0 Å². The van der Waals surface area contributed by atoms with Gasteiger partial charge in [-0.1, -0.05) is 30.3 Å². The minimum absolute atomic E-state index is 0.175. The van der Waals surface area contributed by atoms with Crippen LogP contribution in [0.2, 0.25) is 0 Å². The molecule has 2 aromatic carbocycles. The van der Waals surface area contributed by atoms with Crippen LogP contribution in [0.25, 0.3) is 11.3 Å². The number of ether oxygens (including phenoxy) is 2. The Kier molecular flexibility index (Phi) is 6.06. The highest BCUT2D eigenvalue weighted by molar-refractivity contribution is 5.75. The van der Waals surface area contributed by atoms with Crippen molar-refractivity contribution in [2.45, 2.75) is 13.1 Å². The van der Waals surface area contributed by atoms with Crippen LogP contribution in [-0.2, 0) is 17.9 Å². The molecule has 7 nitrogen and oxygen atoms in total. The van der Waals surface area contributed by atoms with E-state index in [1.807, 2.05) is 30.3 Å². The summed E-state index contributed by atoms with van der Waals surface area (Å²) in [7, 11) is 3.12. The predicted molar refractivity (Wildman–Crippen MR) is 105 cm³/mol. The van der Waals surface area contributed by atoms with E-state index in [9.17, 15) is 9.59 Å². The Morgan fingerprint density at radius 3 is 2.54 bits per heavy atom. The lowest BCUT2D eigenvalue weighted by Crippen LogP contribution is -2.33. The molecule has 1 heterocycles. The van der Waals surface area contributed by atoms with Crippen LogP contribution in [0.5, 0.6) is 11.5 Å². The number of methoxy groups -OCH3 is 2. The van der Waals surface area contributed by atoms with E-state index in [0.29, 0.717) is 29.3 Å². The van der Waals surface area contributed by atoms with Crippen molar-refractivity contribution in [3.63, 3.8) is 0 Å². The molecule has 0 spiro atoms. The molecule has 0 atom stereocenters. The second kappa shape index (κ2) is 8.85. The van der Waals surface area contributed by atoms with Crippen molar-refractivity contribution >= 4 is 5.91 Å². The number of nitrogens with one attached hydrogen (secondary N) is 1. The first kappa shape index (κ1) is 19.2. The maximum absolute atomic E-state index is 12.3. The highest BCUT2D eigenvalue weighted by atomic mass is 16.5. The molecule has 1 amide bonds. The molecule has 0 aliphatic rings. The summed E-state index contributed by atoms with van der Waals surface area (Å²) < 4.78 is 11.8. The highest BCUT2D eigenvalue weighted by Gasteiger charge is 2.12. The SMILES string of the molecule is COc1ccc(OC)c(-c2ccc(=O)n(CC(=O)NCc3ccccc3)n2)c1. The Balaban J connectivity index is 1.80. The van der Waals surface area contributed by atoms with Crippen LogP contribution in [0.4, 0.5) is 0 Å². The molecule has 0 radical (unpaired) electrons. The first-order chi connectivity index (χ1) is 13.6. The van der Waals surface area contributed by atoms with Gasteiger partial charge >= 0.3 is 0 Å². The molecule has 1 aromatic heterocycles. The van der Waals surface area contributed by atoms with Crippen molar-refractivity contribution in [2.75, 3.05) is 14.2 Å². The largest absolute Gasteiger partial charge is 0.497 e.